The first-order valence-corrected chi connectivity index (χ1v) is 2.60. The molecular weight excluding hydrogens is 132 g/mol. The van der Waals surface area contributed by atoms with Crippen molar-refractivity contribution in [2.75, 3.05) is 0 Å². The predicted molar refractivity (Wildman–Crippen MR) is 7.95 cm³/mol. The van der Waals surface area contributed by atoms with Gasteiger partial charge in [-0.25, -0.2) is 0 Å². The molecule has 0 saturated heterocycles. The Labute approximate surface area is 88.7 Å². The van der Waals surface area contributed by atoms with Crippen molar-refractivity contribution in [2.45, 2.75) is 0 Å². The number of halogens is 1. The van der Waals surface area contributed by atoms with E-state index in [0.717, 1.165) is 0 Å². The van der Waals surface area contributed by atoms with E-state index < -0.39 is 9.05 Å². The van der Waals surface area contributed by atoms with Crippen LogP contribution in [0.4, 0.5) is 4.53 Å². The summed E-state index contributed by atoms with van der Waals surface area (Å²) in [6.07, 6.45) is 0. The molecule has 38 valence electrons. The molecule has 0 bridgehead atoms. The van der Waals surface area contributed by atoms with E-state index in [9.17, 15) is 4.53 Å². The number of rotatable bonds is 1. The molecule has 0 heterocycles. The van der Waals surface area contributed by atoms with Gasteiger partial charge in [0.05, 0.1) is 0 Å². The van der Waals surface area contributed by atoms with Gasteiger partial charge in [-0.05, 0) is 0 Å². The summed E-state index contributed by atoms with van der Waals surface area (Å²) < 4.78 is 12.0. The monoisotopic (exact) mass is 132 g/mol. The van der Waals surface area contributed by atoms with E-state index in [4.69, 9.17) is 14.4 Å². The Kier molecular flexibility index (Phi) is 24.4. The first-order valence-electron chi connectivity index (χ1n) is 0.971. The fraction of sp³-hybridized carbons (Fsp3) is 0. The Morgan fingerprint density at radius 3 is 1.11 bits per heavy atom. The third-order valence-electron chi connectivity index (χ3n) is 0.0945. The summed E-state index contributed by atoms with van der Waals surface area (Å²) in [5, 5.41) is 0. The van der Waals surface area contributed by atoms with Gasteiger partial charge in [0.2, 0.25) is 0 Å². The van der Waals surface area contributed by atoms with Crippen molar-refractivity contribution in [3.63, 3.8) is 0 Å². The molecule has 0 unspecified atom stereocenters. The maximum atomic E-state index is 10.1. The molecule has 4 nitrogen and oxygen atoms in total. The summed E-state index contributed by atoms with van der Waals surface area (Å²) >= 11 is 0. The second-order valence-electron chi connectivity index (χ2n) is 0.577. The maximum absolute atomic E-state index is 10.1. The van der Waals surface area contributed by atoms with Gasteiger partial charge < -0.3 is 19.0 Å². The molecule has 0 aliphatic rings. The summed E-state index contributed by atoms with van der Waals surface area (Å²) in [6, 6.07) is 0. The first-order chi connectivity index (χ1) is 2.56. The maximum Gasteiger partial charge on any atom is 1.00 e. The number of hydrogen-bond donors (Lipinski definition) is 0. The van der Waals surface area contributed by atoms with Gasteiger partial charge in [-0.15, -0.1) is 0 Å². The minimum Gasteiger partial charge on any atom is -0.858 e. The second kappa shape index (κ2) is 9.78. The molecule has 0 fully saturated rings. The van der Waals surface area contributed by atoms with Gasteiger partial charge in [0.1, 0.15) is 0 Å². The van der Waals surface area contributed by atoms with Crippen molar-refractivity contribution in [1.82, 2.24) is 0 Å². The molecule has 0 saturated carbocycles. The molecule has 0 rings (SSSR count). The van der Waals surface area contributed by atoms with E-state index in [1.54, 1.807) is 0 Å². The Hall–Kier alpha value is 1.78. The van der Waals surface area contributed by atoms with Gasteiger partial charge in [-0.3, -0.25) is 0 Å². The Morgan fingerprint density at radius 1 is 1.00 bits per heavy atom. The van der Waals surface area contributed by atoms with E-state index in [2.05, 4.69) is 0 Å². The van der Waals surface area contributed by atoms with Crippen LogP contribution in [0.1, 0.15) is 0 Å². The summed E-state index contributed by atoms with van der Waals surface area (Å²) in [4.78, 5) is 26.7. The van der Waals surface area contributed by atoms with Crippen molar-refractivity contribution in [3.05, 3.63) is 0 Å². The molecule has 0 amide bonds. The van der Waals surface area contributed by atoms with E-state index >= 15 is 0 Å². The Bertz CT molecular complexity index is 45.6. The molecule has 0 N–H and O–H groups in total. The molecule has 0 atom stereocenters. The summed E-state index contributed by atoms with van der Waals surface area (Å²) in [5.41, 5.74) is 0. The van der Waals surface area contributed by atoms with Crippen molar-refractivity contribution in [2.24, 2.45) is 0 Å². The minimum atomic E-state index is -5.55. The average Bonchev–Trinajstić information content (AvgIpc) is 1.35. The van der Waals surface area contributed by atoms with Crippen LogP contribution in [0, 0.1) is 0 Å². The average molecular weight is 132 g/mol. The van der Waals surface area contributed by atoms with Crippen molar-refractivity contribution >= 4 is 9.05 Å². The molecule has 0 aromatic heterocycles. The summed E-state index contributed by atoms with van der Waals surface area (Å²) in [5.74, 6) is 0. The zero-order valence-corrected chi connectivity index (χ0v) is 6.51. The summed E-state index contributed by atoms with van der Waals surface area (Å²) in [7, 11) is -5.55. The van der Waals surface area contributed by atoms with Crippen LogP contribution in [0.2, 0.25) is 0 Å². The molecule has 0 radical (unpaired) electrons. The number of hydrogen-bond acceptors (Lipinski definition) is 4. The molecule has 0 aliphatic carbocycles. The van der Waals surface area contributed by atoms with Crippen LogP contribution in [0.15, 0.2) is 0 Å². The molecule has 0 aromatic carbocycles. The molecule has 0 spiro atoms. The topological polar surface area (TPSA) is 78.4 Å². The fourth-order valence-corrected chi connectivity index (χ4v) is 0. The second-order valence-corrected chi connectivity index (χ2v) is 1.73. The van der Waals surface area contributed by atoms with Gasteiger partial charge in [0, 0.05) is 0 Å². The normalized spacial score (nSPS) is 8.00. The SMILES string of the molecule is [Li+].[Li+].[Li+].[O-][Si]([O-])([O-])OF. The van der Waals surface area contributed by atoms with Crippen LogP contribution in [0.5, 0.6) is 0 Å². The zero-order valence-electron chi connectivity index (χ0n) is 5.51. The van der Waals surface area contributed by atoms with Gasteiger partial charge in [-0.1, -0.05) is 13.6 Å². The van der Waals surface area contributed by atoms with Crippen LogP contribution >= 0.6 is 0 Å². The smallest absolute Gasteiger partial charge is 0.858 e. The zero-order chi connectivity index (χ0) is 5.21. The van der Waals surface area contributed by atoms with Crippen LogP contribution in [-0.4, -0.2) is 9.05 Å². The van der Waals surface area contributed by atoms with Crippen LogP contribution < -0.4 is 71.0 Å². The first kappa shape index (κ1) is 22.4. The predicted octanol–water partition coefficient (Wildman–Crippen LogP) is -12.6. The van der Waals surface area contributed by atoms with Crippen LogP contribution in [0.3, 0.4) is 0 Å². The van der Waals surface area contributed by atoms with Crippen molar-refractivity contribution < 1.29 is 80.1 Å². The Balaban J connectivity index is -0.0000000417. The van der Waals surface area contributed by atoms with Gasteiger partial charge in [-0.2, -0.15) is 0 Å². The van der Waals surface area contributed by atoms with Crippen LogP contribution in [-0.2, 0) is 4.63 Å². The molecule has 0 aromatic rings. The van der Waals surface area contributed by atoms with E-state index in [1.807, 2.05) is 4.63 Å². The van der Waals surface area contributed by atoms with Crippen molar-refractivity contribution in [3.8, 4) is 0 Å². The standard InChI is InChI=1S/FO4Si.3Li/c1-5-6(2,3)4;;;/q-3;3*+1. The van der Waals surface area contributed by atoms with E-state index in [-0.39, 0.29) is 56.6 Å². The van der Waals surface area contributed by atoms with E-state index in [0.29, 0.717) is 0 Å². The molecular formula is FLi3O4Si. The largest absolute Gasteiger partial charge is 1.00 e. The van der Waals surface area contributed by atoms with Gasteiger partial charge in [0.25, 0.3) is 0 Å². The third-order valence-corrected chi connectivity index (χ3v) is 0.283. The van der Waals surface area contributed by atoms with Gasteiger partial charge in [0.15, 0.2) is 0 Å². The van der Waals surface area contributed by atoms with E-state index in [1.165, 1.54) is 0 Å². The Morgan fingerprint density at radius 2 is 1.11 bits per heavy atom. The minimum absolute atomic E-state index is 0. The quantitative estimate of drug-likeness (QED) is 0.332. The van der Waals surface area contributed by atoms with Gasteiger partial charge >= 0.3 is 56.6 Å². The molecule has 9 heteroatoms. The molecule has 9 heavy (non-hydrogen) atoms. The van der Waals surface area contributed by atoms with Crippen LogP contribution in [0.25, 0.3) is 0 Å². The molecule has 0 aliphatic heterocycles. The van der Waals surface area contributed by atoms with Crippen molar-refractivity contribution in [1.29, 1.82) is 0 Å². The summed E-state index contributed by atoms with van der Waals surface area (Å²) in [6.45, 7) is 0. The fourth-order valence-electron chi connectivity index (χ4n) is 0. The third kappa shape index (κ3) is 25.9.